The van der Waals surface area contributed by atoms with E-state index in [2.05, 4.69) is 5.32 Å². The molecule has 0 radical (unpaired) electrons. The van der Waals surface area contributed by atoms with Gasteiger partial charge in [0.05, 0.1) is 12.7 Å². The Morgan fingerprint density at radius 2 is 1.83 bits per heavy atom. The molecule has 0 bridgehead atoms. The maximum atomic E-state index is 13.0. The standard InChI is InChI=1S/C26H24F3NO5/c1-16-8-10-19(26(27,28)29)12-23(16)34-35-25(31)21-13-20-18(14-30-21)9-11-22(32-2)24(20)33-15-17-6-4-3-5-7-17/h3-12,21,30H,13-15H2,1-2H3/t21-/m0/s1. The molecule has 0 unspecified atom stereocenters. The van der Waals surface area contributed by atoms with E-state index in [1.54, 1.807) is 13.0 Å². The molecule has 1 heterocycles. The Morgan fingerprint density at radius 3 is 2.54 bits per heavy atom. The van der Waals surface area contributed by atoms with Gasteiger partial charge in [-0.3, -0.25) is 10.2 Å². The lowest BCUT2D eigenvalue weighted by Gasteiger charge is -2.27. The third kappa shape index (κ3) is 5.68. The highest BCUT2D eigenvalue weighted by atomic mass is 19.4. The van der Waals surface area contributed by atoms with Crippen molar-refractivity contribution in [3.05, 3.63) is 88.5 Å². The van der Waals surface area contributed by atoms with Gasteiger partial charge in [-0.1, -0.05) is 42.5 Å². The van der Waals surface area contributed by atoms with Gasteiger partial charge in [0.1, 0.15) is 12.6 Å². The number of carbonyl (C=O) groups excluding carboxylic acids is 1. The number of alkyl halides is 3. The van der Waals surface area contributed by atoms with Gasteiger partial charge in [0.25, 0.3) is 0 Å². The maximum Gasteiger partial charge on any atom is 0.416 e. The van der Waals surface area contributed by atoms with Crippen LogP contribution >= 0.6 is 0 Å². The fraction of sp³-hybridized carbons (Fsp3) is 0.269. The van der Waals surface area contributed by atoms with E-state index < -0.39 is 23.8 Å². The van der Waals surface area contributed by atoms with Gasteiger partial charge in [-0.2, -0.15) is 13.2 Å². The Morgan fingerprint density at radius 1 is 1.06 bits per heavy atom. The van der Waals surface area contributed by atoms with E-state index in [1.807, 2.05) is 36.4 Å². The molecular formula is C26H24F3NO5. The van der Waals surface area contributed by atoms with Crippen molar-refractivity contribution in [3.63, 3.8) is 0 Å². The summed E-state index contributed by atoms with van der Waals surface area (Å²) in [6.45, 7) is 2.23. The monoisotopic (exact) mass is 487 g/mol. The predicted molar refractivity (Wildman–Crippen MR) is 121 cm³/mol. The van der Waals surface area contributed by atoms with Crippen molar-refractivity contribution in [2.45, 2.75) is 38.7 Å². The van der Waals surface area contributed by atoms with Crippen molar-refractivity contribution in [1.82, 2.24) is 5.32 Å². The van der Waals surface area contributed by atoms with Gasteiger partial charge < -0.3 is 9.47 Å². The highest BCUT2D eigenvalue weighted by Crippen LogP contribution is 2.37. The van der Waals surface area contributed by atoms with Crippen LogP contribution in [-0.2, 0) is 35.4 Å². The van der Waals surface area contributed by atoms with Crippen LogP contribution in [0.5, 0.6) is 17.2 Å². The van der Waals surface area contributed by atoms with Crippen molar-refractivity contribution in [3.8, 4) is 17.2 Å². The number of halogens is 3. The molecule has 0 aliphatic carbocycles. The molecule has 3 aromatic rings. The molecule has 1 aliphatic rings. The summed E-state index contributed by atoms with van der Waals surface area (Å²) in [5.74, 6) is 0.120. The largest absolute Gasteiger partial charge is 0.493 e. The minimum Gasteiger partial charge on any atom is -0.493 e. The van der Waals surface area contributed by atoms with Crippen LogP contribution in [0.4, 0.5) is 13.2 Å². The molecule has 4 rings (SSSR count). The van der Waals surface area contributed by atoms with Gasteiger partial charge in [-0.25, -0.2) is 9.68 Å². The normalized spacial score (nSPS) is 15.2. The Kier molecular flexibility index (Phi) is 7.16. The smallest absolute Gasteiger partial charge is 0.416 e. The van der Waals surface area contributed by atoms with Gasteiger partial charge in [0.15, 0.2) is 17.2 Å². The molecule has 1 aliphatic heterocycles. The lowest BCUT2D eigenvalue weighted by atomic mass is 9.94. The summed E-state index contributed by atoms with van der Waals surface area (Å²) in [5, 5.41) is 3.07. The second-order valence-corrected chi connectivity index (χ2v) is 8.11. The minimum absolute atomic E-state index is 0.182. The lowest BCUT2D eigenvalue weighted by molar-refractivity contribution is -0.216. The lowest BCUT2D eigenvalue weighted by Crippen LogP contribution is -2.43. The second-order valence-electron chi connectivity index (χ2n) is 8.11. The number of benzene rings is 3. The van der Waals surface area contributed by atoms with E-state index in [-0.39, 0.29) is 12.2 Å². The number of aryl methyl sites for hydroxylation is 1. The first-order valence-electron chi connectivity index (χ1n) is 10.9. The molecule has 3 aromatic carbocycles. The van der Waals surface area contributed by atoms with Gasteiger partial charge in [0, 0.05) is 18.5 Å². The highest BCUT2D eigenvalue weighted by Gasteiger charge is 2.32. The first kappa shape index (κ1) is 24.4. The summed E-state index contributed by atoms with van der Waals surface area (Å²) in [6.07, 6.45) is -4.32. The molecule has 184 valence electrons. The van der Waals surface area contributed by atoms with Crippen molar-refractivity contribution >= 4 is 5.97 Å². The summed E-state index contributed by atoms with van der Waals surface area (Å²) in [5.41, 5.74) is 2.20. The average molecular weight is 487 g/mol. The SMILES string of the molecule is COc1ccc2c(c1OCc1ccccc1)C[C@@H](C(=O)OOc1cc(C(F)(F)F)ccc1C)NC2. The van der Waals surface area contributed by atoms with E-state index in [0.29, 0.717) is 30.2 Å². The quantitative estimate of drug-likeness (QED) is 0.367. The van der Waals surface area contributed by atoms with Crippen LogP contribution in [0.15, 0.2) is 60.7 Å². The third-order valence-electron chi connectivity index (χ3n) is 5.73. The molecule has 0 aromatic heterocycles. The van der Waals surface area contributed by atoms with Crippen LogP contribution in [0.25, 0.3) is 0 Å². The fourth-order valence-corrected chi connectivity index (χ4v) is 3.77. The Bertz CT molecular complexity index is 1200. The molecule has 6 nitrogen and oxygen atoms in total. The molecule has 0 amide bonds. The van der Waals surface area contributed by atoms with Crippen molar-refractivity contribution < 1.29 is 37.2 Å². The molecule has 0 saturated carbocycles. The van der Waals surface area contributed by atoms with Crippen LogP contribution in [0.1, 0.15) is 27.8 Å². The second kappa shape index (κ2) is 10.3. The summed E-state index contributed by atoms with van der Waals surface area (Å²) in [6, 6.07) is 15.5. The number of hydrogen-bond donors (Lipinski definition) is 1. The van der Waals surface area contributed by atoms with Crippen LogP contribution in [0.3, 0.4) is 0 Å². The Hall–Kier alpha value is -3.72. The van der Waals surface area contributed by atoms with Crippen LogP contribution in [0.2, 0.25) is 0 Å². The van der Waals surface area contributed by atoms with Gasteiger partial charge in [-0.15, -0.1) is 0 Å². The fourth-order valence-electron chi connectivity index (χ4n) is 3.77. The van der Waals surface area contributed by atoms with Crippen LogP contribution in [0, 0.1) is 6.92 Å². The van der Waals surface area contributed by atoms with Crippen molar-refractivity contribution in [2.75, 3.05) is 7.11 Å². The molecular weight excluding hydrogens is 463 g/mol. The molecule has 1 atom stereocenters. The van der Waals surface area contributed by atoms with Gasteiger partial charge in [0.2, 0.25) is 0 Å². The average Bonchev–Trinajstić information content (AvgIpc) is 2.86. The maximum absolute atomic E-state index is 13.0. The summed E-state index contributed by atoms with van der Waals surface area (Å²) in [4.78, 5) is 22.6. The number of ether oxygens (including phenoxy) is 2. The number of methoxy groups -OCH3 is 1. The van der Waals surface area contributed by atoms with Crippen molar-refractivity contribution in [1.29, 1.82) is 0 Å². The molecule has 0 spiro atoms. The number of carbonyl (C=O) groups is 1. The van der Waals surface area contributed by atoms with Gasteiger partial charge in [-0.05, 0) is 41.8 Å². The van der Waals surface area contributed by atoms with E-state index in [9.17, 15) is 18.0 Å². The zero-order valence-electron chi connectivity index (χ0n) is 19.1. The van der Waals surface area contributed by atoms with Crippen molar-refractivity contribution in [2.24, 2.45) is 0 Å². The molecule has 9 heteroatoms. The number of rotatable bonds is 7. The Balaban J connectivity index is 1.48. The topological polar surface area (TPSA) is 66.0 Å². The van der Waals surface area contributed by atoms with E-state index in [0.717, 1.165) is 28.8 Å². The predicted octanol–water partition coefficient (Wildman–Crippen LogP) is 5.15. The first-order chi connectivity index (χ1) is 16.8. The molecule has 0 saturated heterocycles. The number of hydrogen-bond acceptors (Lipinski definition) is 6. The number of nitrogens with one attached hydrogen (secondary N) is 1. The minimum atomic E-state index is -4.54. The summed E-state index contributed by atoms with van der Waals surface area (Å²) in [7, 11) is 1.54. The van der Waals surface area contributed by atoms with Crippen LogP contribution < -0.4 is 19.7 Å². The van der Waals surface area contributed by atoms with E-state index in [1.165, 1.54) is 13.2 Å². The number of fused-ring (bicyclic) bond motifs is 1. The summed E-state index contributed by atoms with van der Waals surface area (Å²) >= 11 is 0. The zero-order valence-corrected chi connectivity index (χ0v) is 19.1. The molecule has 1 N–H and O–H groups in total. The zero-order chi connectivity index (χ0) is 25.0. The van der Waals surface area contributed by atoms with Gasteiger partial charge >= 0.3 is 12.1 Å². The summed E-state index contributed by atoms with van der Waals surface area (Å²) < 4.78 is 50.6. The molecule has 0 fully saturated rings. The Labute approximate surface area is 200 Å². The molecule has 35 heavy (non-hydrogen) atoms. The van der Waals surface area contributed by atoms with E-state index in [4.69, 9.17) is 19.2 Å². The highest BCUT2D eigenvalue weighted by molar-refractivity contribution is 5.77. The van der Waals surface area contributed by atoms with Crippen LogP contribution in [-0.4, -0.2) is 19.1 Å². The first-order valence-corrected chi connectivity index (χ1v) is 10.9. The third-order valence-corrected chi connectivity index (χ3v) is 5.73. The van der Waals surface area contributed by atoms with E-state index >= 15 is 0 Å².